The van der Waals surface area contributed by atoms with Crippen LogP contribution in [0.15, 0.2) is 54.6 Å². The van der Waals surface area contributed by atoms with E-state index in [1.807, 2.05) is 55.5 Å². The molecule has 27 heavy (non-hydrogen) atoms. The van der Waals surface area contributed by atoms with E-state index in [9.17, 15) is 9.59 Å². The first-order valence-electron chi connectivity index (χ1n) is 8.94. The molecule has 0 aliphatic rings. The molecule has 2 amide bonds. The Balaban J connectivity index is 2.05. The van der Waals surface area contributed by atoms with Crippen molar-refractivity contribution < 1.29 is 9.59 Å². The number of halogens is 1. The zero-order chi connectivity index (χ0) is 19.6. The topological polar surface area (TPSA) is 49.4 Å². The molecule has 0 spiro atoms. The van der Waals surface area contributed by atoms with Gasteiger partial charge in [0.1, 0.15) is 6.04 Å². The molecule has 0 aliphatic heterocycles. The summed E-state index contributed by atoms with van der Waals surface area (Å²) in [5, 5.41) is 3.41. The molecular formula is C21H25ClN2O2S. The summed E-state index contributed by atoms with van der Waals surface area (Å²) < 4.78 is 0. The van der Waals surface area contributed by atoms with Crippen molar-refractivity contribution in [3.05, 3.63) is 70.7 Å². The van der Waals surface area contributed by atoms with Crippen molar-refractivity contribution >= 4 is 35.2 Å². The molecule has 0 saturated heterocycles. The molecule has 0 heterocycles. The average Bonchev–Trinajstić information content (AvgIpc) is 2.66. The summed E-state index contributed by atoms with van der Waals surface area (Å²) in [5.74, 6) is 0.863. The minimum atomic E-state index is -0.547. The maximum Gasteiger partial charge on any atom is 0.242 e. The molecule has 2 rings (SSSR count). The monoisotopic (exact) mass is 404 g/mol. The molecule has 1 atom stereocenters. The summed E-state index contributed by atoms with van der Waals surface area (Å²) in [6.07, 6.45) is 0. The first-order valence-corrected chi connectivity index (χ1v) is 10.5. The van der Waals surface area contributed by atoms with Gasteiger partial charge in [-0.05, 0) is 37.1 Å². The minimum Gasteiger partial charge on any atom is -0.355 e. The SMILES string of the molecule is CCNC(=O)C(C)N(Cc1cccc(Cl)c1)C(=O)CSCc1ccccc1. The number of nitrogens with zero attached hydrogens (tertiary/aromatic N) is 1. The average molecular weight is 405 g/mol. The maximum absolute atomic E-state index is 12.9. The number of hydrogen-bond acceptors (Lipinski definition) is 3. The van der Waals surface area contributed by atoms with Gasteiger partial charge in [0.2, 0.25) is 11.8 Å². The number of benzene rings is 2. The van der Waals surface area contributed by atoms with E-state index in [0.717, 1.165) is 11.3 Å². The number of amides is 2. The fourth-order valence-electron chi connectivity index (χ4n) is 2.65. The number of rotatable bonds is 9. The number of likely N-dealkylation sites (N-methyl/N-ethyl adjacent to an activating group) is 1. The first-order chi connectivity index (χ1) is 13.0. The van der Waals surface area contributed by atoms with Gasteiger partial charge >= 0.3 is 0 Å². The molecule has 144 valence electrons. The Morgan fingerprint density at radius 3 is 2.48 bits per heavy atom. The highest BCUT2D eigenvalue weighted by Crippen LogP contribution is 2.17. The minimum absolute atomic E-state index is 0.0605. The number of thioether (sulfide) groups is 1. The van der Waals surface area contributed by atoms with Crippen LogP contribution in [-0.4, -0.2) is 35.1 Å². The van der Waals surface area contributed by atoms with Crippen LogP contribution < -0.4 is 5.32 Å². The van der Waals surface area contributed by atoms with Crippen LogP contribution in [0, 0.1) is 0 Å². The molecule has 6 heteroatoms. The van der Waals surface area contributed by atoms with Crippen LogP contribution in [0.1, 0.15) is 25.0 Å². The van der Waals surface area contributed by atoms with Gasteiger partial charge in [-0.1, -0.05) is 54.1 Å². The number of nitrogens with one attached hydrogen (secondary N) is 1. The van der Waals surface area contributed by atoms with Crippen LogP contribution in [0.2, 0.25) is 5.02 Å². The first kappa shape index (κ1) is 21.3. The third-order valence-corrected chi connectivity index (χ3v) is 5.32. The van der Waals surface area contributed by atoms with Crippen molar-refractivity contribution in [3.63, 3.8) is 0 Å². The van der Waals surface area contributed by atoms with Gasteiger partial charge in [0, 0.05) is 23.9 Å². The summed E-state index contributed by atoms with van der Waals surface area (Å²) in [6.45, 7) is 4.51. The van der Waals surface area contributed by atoms with E-state index < -0.39 is 6.04 Å². The second kappa shape index (κ2) is 11.0. The van der Waals surface area contributed by atoms with E-state index in [-0.39, 0.29) is 11.8 Å². The molecule has 2 aromatic carbocycles. The highest BCUT2D eigenvalue weighted by atomic mass is 35.5. The lowest BCUT2D eigenvalue weighted by molar-refractivity contribution is -0.138. The van der Waals surface area contributed by atoms with Gasteiger partial charge in [-0.15, -0.1) is 11.8 Å². The molecule has 1 N–H and O–H groups in total. The lowest BCUT2D eigenvalue weighted by Crippen LogP contribution is -2.48. The number of carbonyl (C=O) groups excluding carboxylic acids is 2. The third-order valence-electron chi connectivity index (χ3n) is 4.10. The smallest absolute Gasteiger partial charge is 0.242 e. The maximum atomic E-state index is 12.9. The largest absolute Gasteiger partial charge is 0.355 e. The second-order valence-corrected chi connectivity index (χ2v) is 7.62. The van der Waals surface area contributed by atoms with E-state index in [0.29, 0.717) is 23.9 Å². The van der Waals surface area contributed by atoms with Crippen LogP contribution in [0.5, 0.6) is 0 Å². The second-order valence-electron chi connectivity index (χ2n) is 6.20. The Morgan fingerprint density at radius 1 is 1.11 bits per heavy atom. The zero-order valence-corrected chi connectivity index (χ0v) is 17.2. The predicted molar refractivity (Wildman–Crippen MR) is 113 cm³/mol. The third kappa shape index (κ3) is 6.92. The van der Waals surface area contributed by atoms with Crippen molar-refractivity contribution in [2.24, 2.45) is 0 Å². The quantitative estimate of drug-likeness (QED) is 0.683. The van der Waals surface area contributed by atoms with E-state index in [1.54, 1.807) is 29.7 Å². The Morgan fingerprint density at radius 2 is 1.81 bits per heavy atom. The molecule has 0 fully saturated rings. The Kier molecular flexibility index (Phi) is 8.69. The standard InChI is InChI=1S/C21H25ClN2O2S/c1-3-23-21(26)16(2)24(13-18-10-7-11-19(22)12-18)20(25)15-27-14-17-8-5-4-6-9-17/h4-12,16H,3,13-15H2,1-2H3,(H,23,26). The summed E-state index contributed by atoms with van der Waals surface area (Å²) in [6, 6.07) is 16.9. The van der Waals surface area contributed by atoms with Crippen molar-refractivity contribution in [1.82, 2.24) is 10.2 Å². The van der Waals surface area contributed by atoms with Gasteiger partial charge < -0.3 is 10.2 Å². The molecular weight excluding hydrogens is 380 g/mol. The van der Waals surface area contributed by atoms with Gasteiger partial charge in [0.05, 0.1) is 5.75 Å². The highest BCUT2D eigenvalue weighted by Gasteiger charge is 2.25. The van der Waals surface area contributed by atoms with Crippen LogP contribution in [0.3, 0.4) is 0 Å². The normalized spacial score (nSPS) is 11.7. The number of hydrogen-bond donors (Lipinski definition) is 1. The Labute approximate surface area is 170 Å². The Hall–Kier alpha value is -1.98. The molecule has 0 aromatic heterocycles. The van der Waals surface area contributed by atoms with Crippen LogP contribution in [0.4, 0.5) is 0 Å². The van der Waals surface area contributed by atoms with Crippen molar-refractivity contribution in [2.45, 2.75) is 32.2 Å². The van der Waals surface area contributed by atoms with Gasteiger partial charge in [0.15, 0.2) is 0 Å². The highest BCUT2D eigenvalue weighted by molar-refractivity contribution is 7.99. The van der Waals surface area contributed by atoms with Crippen LogP contribution in [-0.2, 0) is 21.9 Å². The molecule has 1 unspecified atom stereocenters. The fourth-order valence-corrected chi connectivity index (χ4v) is 3.73. The summed E-state index contributed by atoms with van der Waals surface area (Å²) in [4.78, 5) is 26.8. The molecule has 0 saturated carbocycles. The summed E-state index contributed by atoms with van der Waals surface area (Å²) in [7, 11) is 0. The molecule has 2 aromatic rings. The van der Waals surface area contributed by atoms with Crippen molar-refractivity contribution in [1.29, 1.82) is 0 Å². The van der Waals surface area contributed by atoms with Crippen LogP contribution in [0.25, 0.3) is 0 Å². The van der Waals surface area contributed by atoms with E-state index in [1.165, 1.54) is 5.56 Å². The predicted octanol–water partition coefficient (Wildman–Crippen LogP) is 4.13. The fraction of sp³-hybridized carbons (Fsp3) is 0.333. The molecule has 4 nitrogen and oxygen atoms in total. The zero-order valence-electron chi connectivity index (χ0n) is 15.7. The van der Waals surface area contributed by atoms with E-state index in [4.69, 9.17) is 11.6 Å². The van der Waals surface area contributed by atoms with Gasteiger partial charge in [-0.2, -0.15) is 0 Å². The molecule has 0 radical (unpaired) electrons. The lowest BCUT2D eigenvalue weighted by atomic mass is 10.1. The number of carbonyl (C=O) groups is 2. The van der Waals surface area contributed by atoms with Gasteiger partial charge in [0.25, 0.3) is 0 Å². The molecule has 0 aliphatic carbocycles. The molecule has 0 bridgehead atoms. The van der Waals surface area contributed by atoms with E-state index >= 15 is 0 Å². The van der Waals surface area contributed by atoms with Gasteiger partial charge in [-0.25, -0.2) is 0 Å². The lowest BCUT2D eigenvalue weighted by Gasteiger charge is -2.28. The van der Waals surface area contributed by atoms with Gasteiger partial charge in [-0.3, -0.25) is 9.59 Å². The van der Waals surface area contributed by atoms with Crippen LogP contribution >= 0.6 is 23.4 Å². The van der Waals surface area contributed by atoms with E-state index in [2.05, 4.69) is 5.32 Å². The summed E-state index contributed by atoms with van der Waals surface area (Å²) in [5.41, 5.74) is 2.08. The Bertz CT molecular complexity index is 755. The van der Waals surface area contributed by atoms with Crippen molar-refractivity contribution in [2.75, 3.05) is 12.3 Å². The van der Waals surface area contributed by atoms with Crippen molar-refractivity contribution in [3.8, 4) is 0 Å². The summed E-state index contributed by atoms with van der Waals surface area (Å²) >= 11 is 7.61.